The molecule has 0 spiro atoms. The van der Waals surface area contributed by atoms with Crippen LogP contribution in [0.1, 0.15) is 25.7 Å². The van der Waals surface area contributed by atoms with E-state index < -0.39 is 11.9 Å². The molecule has 0 amide bonds. The Labute approximate surface area is 174 Å². The summed E-state index contributed by atoms with van der Waals surface area (Å²) in [6.45, 7) is 2.16. The Balaban J connectivity index is 0.000000321. The first-order chi connectivity index (χ1) is 14.0. The van der Waals surface area contributed by atoms with E-state index >= 15 is 0 Å². The number of carboxylic acid groups (broad SMARTS) is 2. The minimum absolute atomic E-state index is 0.558. The molecular weight excluding hydrogens is 390 g/mol. The van der Waals surface area contributed by atoms with E-state index in [4.69, 9.17) is 15.2 Å². The summed E-state index contributed by atoms with van der Waals surface area (Å²) in [6.07, 6.45) is 8.09. The first kappa shape index (κ1) is 22.5. The average Bonchev–Trinajstić information content (AvgIpc) is 3.29. The Bertz CT molecular complexity index is 860. The number of aromatic amines is 1. The number of fused-ring (bicyclic) bond motifs is 1. The van der Waals surface area contributed by atoms with Crippen molar-refractivity contribution in [2.45, 2.75) is 30.6 Å². The fourth-order valence-corrected chi connectivity index (χ4v) is 3.95. The molecule has 3 N–H and O–H groups in total. The van der Waals surface area contributed by atoms with Crippen LogP contribution in [-0.2, 0) is 9.59 Å². The third-order valence-corrected chi connectivity index (χ3v) is 5.50. The van der Waals surface area contributed by atoms with Gasteiger partial charge in [0.2, 0.25) is 0 Å². The summed E-state index contributed by atoms with van der Waals surface area (Å²) in [5.74, 6) is -0.0400. The van der Waals surface area contributed by atoms with Crippen LogP contribution in [0, 0.1) is 0 Å². The van der Waals surface area contributed by atoms with E-state index in [1.54, 1.807) is 0 Å². The number of rotatable bonds is 8. The Morgan fingerprint density at radius 1 is 1.21 bits per heavy atom. The Morgan fingerprint density at radius 2 is 1.93 bits per heavy atom. The number of carbonyl (C=O) groups is 2. The number of hydrogen-bond acceptors (Lipinski definition) is 4. The van der Waals surface area contributed by atoms with Crippen LogP contribution in [0.4, 0.5) is 0 Å². The van der Waals surface area contributed by atoms with E-state index in [1.807, 2.05) is 11.8 Å². The van der Waals surface area contributed by atoms with Crippen molar-refractivity contribution in [1.82, 2.24) is 9.88 Å². The highest BCUT2D eigenvalue weighted by atomic mass is 32.2. The second-order valence-corrected chi connectivity index (χ2v) is 7.72. The van der Waals surface area contributed by atoms with Crippen molar-refractivity contribution in [2.24, 2.45) is 4.99 Å². The second kappa shape index (κ2) is 12.0. The number of thioether (sulfide) groups is 1. The fraction of sp³-hybridized carbons (Fsp3) is 0.381. The summed E-state index contributed by atoms with van der Waals surface area (Å²) in [4.78, 5) is 30.8. The summed E-state index contributed by atoms with van der Waals surface area (Å²) in [5, 5.41) is 17.0. The molecule has 2 aromatic rings. The molecular formula is C21H27N3O4S. The second-order valence-electron chi connectivity index (χ2n) is 6.59. The molecule has 1 saturated heterocycles. The maximum atomic E-state index is 9.55. The number of nitrogens with zero attached hydrogens (tertiary/aromatic N) is 2. The molecule has 2 heterocycles. The zero-order valence-electron chi connectivity index (χ0n) is 16.5. The smallest absolute Gasteiger partial charge is 0.328 e. The predicted octanol–water partition coefficient (Wildman–Crippen LogP) is 3.88. The Hall–Kier alpha value is -2.74. The van der Waals surface area contributed by atoms with Crippen molar-refractivity contribution < 1.29 is 19.8 Å². The van der Waals surface area contributed by atoms with Crippen LogP contribution in [0.5, 0.6) is 0 Å². The third-order valence-electron chi connectivity index (χ3n) is 4.36. The van der Waals surface area contributed by atoms with Gasteiger partial charge in [-0.2, -0.15) is 0 Å². The normalized spacial score (nSPS) is 15.1. The molecule has 8 heteroatoms. The molecule has 1 aromatic heterocycles. The minimum atomic E-state index is -1.26. The van der Waals surface area contributed by atoms with Crippen LogP contribution in [0.3, 0.4) is 0 Å². The van der Waals surface area contributed by atoms with Gasteiger partial charge in [0, 0.05) is 60.7 Å². The lowest BCUT2D eigenvalue weighted by atomic mass is 10.2. The summed E-state index contributed by atoms with van der Waals surface area (Å²) in [6, 6.07) is 8.50. The molecule has 7 nitrogen and oxygen atoms in total. The molecule has 1 aromatic carbocycles. The van der Waals surface area contributed by atoms with E-state index in [1.165, 1.54) is 59.6 Å². The Kier molecular flexibility index (Phi) is 9.30. The van der Waals surface area contributed by atoms with Gasteiger partial charge in [-0.05, 0) is 31.1 Å². The van der Waals surface area contributed by atoms with Crippen LogP contribution < -0.4 is 0 Å². The first-order valence-corrected chi connectivity index (χ1v) is 10.5. The molecule has 1 fully saturated rings. The highest BCUT2D eigenvalue weighted by molar-refractivity contribution is 7.99. The van der Waals surface area contributed by atoms with E-state index in [0.717, 1.165) is 6.54 Å². The lowest BCUT2D eigenvalue weighted by Crippen LogP contribution is -2.19. The highest BCUT2D eigenvalue weighted by Crippen LogP contribution is 2.28. The van der Waals surface area contributed by atoms with E-state index in [-0.39, 0.29) is 0 Å². The standard InChI is InChI=1S/C17H23N3S.C4H4O4/c1-20-11-6-9-17(20)18-10-4-5-12-21-16-13-19-15-8-3-2-7-14(15)16;5-3(6)1-2-4(7)8/h2-3,7-8,13,19H,4-6,9-12H2,1H3;1-2H,(H,5,6)(H,7,8). The fourth-order valence-electron chi connectivity index (χ4n) is 2.91. The number of aliphatic imine (C=N–C) groups is 1. The Morgan fingerprint density at radius 3 is 2.59 bits per heavy atom. The molecule has 0 radical (unpaired) electrons. The summed E-state index contributed by atoms with van der Waals surface area (Å²) >= 11 is 1.95. The zero-order valence-corrected chi connectivity index (χ0v) is 17.3. The van der Waals surface area contributed by atoms with Crippen LogP contribution in [-0.4, -0.2) is 63.8 Å². The molecule has 156 valence electrons. The van der Waals surface area contributed by atoms with Crippen molar-refractivity contribution >= 4 is 40.4 Å². The molecule has 0 unspecified atom stereocenters. The number of amidine groups is 1. The van der Waals surface area contributed by atoms with Gasteiger partial charge in [0.05, 0.1) is 5.84 Å². The topological polar surface area (TPSA) is 106 Å². The van der Waals surface area contributed by atoms with Gasteiger partial charge in [-0.15, -0.1) is 11.8 Å². The number of aliphatic carboxylic acids is 2. The van der Waals surface area contributed by atoms with Gasteiger partial charge in [-0.3, -0.25) is 4.99 Å². The number of likely N-dealkylation sites (tertiary alicyclic amines) is 1. The first-order valence-electron chi connectivity index (χ1n) is 9.54. The quantitative estimate of drug-likeness (QED) is 0.342. The molecule has 0 saturated carbocycles. The lowest BCUT2D eigenvalue weighted by Gasteiger charge is -2.10. The maximum absolute atomic E-state index is 9.55. The van der Waals surface area contributed by atoms with Crippen LogP contribution in [0.2, 0.25) is 0 Å². The van der Waals surface area contributed by atoms with Gasteiger partial charge in [0.1, 0.15) is 0 Å². The molecule has 1 aliphatic rings. The van der Waals surface area contributed by atoms with Gasteiger partial charge >= 0.3 is 11.9 Å². The van der Waals surface area contributed by atoms with Crippen LogP contribution in [0.15, 0.2) is 52.5 Å². The van der Waals surface area contributed by atoms with Gasteiger partial charge in [-0.25, -0.2) is 9.59 Å². The third kappa shape index (κ3) is 8.03. The molecule has 29 heavy (non-hydrogen) atoms. The maximum Gasteiger partial charge on any atom is 0.328 e. The zero-order chi connectivity index (χ0) is 21.1. The van der Waals surface area contributed by atoms with E-state index in [9.17, 15) is 9.59 Å². The number of benzene rings is 1. The predicted molar refractivity (Wildman–Crippen MR) is 117 cm³/mol. The molecule has 0 bridgehead atoms. The van der Waals surface area contributed by atoms with E-state index in [0.29, 0.717) is 12.2 Å². The largest absolute Gasteiger partial charge is 0.478 e. The SMILES string of the molecule is CN1CCCC1=NCCCCSc1c[nH]c2ccccc12.O=C(O)C=CC(=O)O. The number of H-pyrrole nitrogens is 1. The van der Waals surface area contributed by atoms with Crippen molar-refractivity contribution in [3.63, 3.8) is 0 Å². The monoisotopic (exact) mass is 417 g/mol. The summed E-state index contributed by atoms with van der Waals surface area (Å²) < 4.78 is 0. The minimum Gasteiger partial charge on any atom is -0.478 e. The van der Waals surface area contributed by atoms with Crippen LogP contribution >= 0.6 is 11.8 Å². The van der Waals surface area contributed by atoms with Crippen molar-refractivity contribution in [2.75, 3.05) is 25.9 Å². The molecule has 0 aliphatic carbocycles. The van der Waals surface area contributed by atoms with Crippen molar-refractivity contribution in [3.8, 4) is 0 Å². The molecule has 3 rings (SSSR count). The van der Waals surface area contributed by atoms with Gasteiger partial charge in [0.25, 0.3) is 0 Å². The van der Waals surface area contributed by atoms with Crippen molar-refractivity contribution in [3.05, 3.63) is 42.6 Å². The number of carboxylic acids is 2. The van der Waals surface area contributed by atoms with Gasteiger partial charge in [0.15, 0.2) is 0 Å². The number of unbranched alkanes of at least 4 members (excludes halogenated alkanes) is 1. The van der Waals surface area contributed by atoms with E-state index in [2.05, 4.69) is 47.4 Å². The van der Waals surface area contributed by atoms with Gasteiger partial charge < -0.3 is 20.1 Å². The number of para-hydroxylation sites is 1. The number of aromatic nitrogens is 1. The highest BCUT2D eigenvalue weighted by Gasteiger charge is 2.12. The molecule has 0 atom stereocenters. The number of hydrogen-bond donors (Lipinski definition) is 3. The summed E-state index contributed by atoms with van der Waals surface area (Å²) in [7, 11) is 2.15. The average molecular weight is 418 g/mol. The van der Waals surface area contributed by atoms with Crippen molar-refractivity contribution in [1.29, 1.82) is 0 Å². The molecule has 1 aliphatic heterocycles. The lowest BCUT2D eigenvalue weighted by molar-refractivity contribution is -0.134. The van der Waals surface area contributed by atoms with Crippen LogP contribution in [0.25, 0.3) is 10.9 Å². The number of nitrogens with one attached hydrogen (secondary N) is 1. The summed E-state index contributed by atoms with van der Waals surface area (Å²) in [5.41, 5.74) is 1.23. The van der Waals surface area contributed by atoms with Gasteiger partial charge in [-0.1, -0.05) is 18.2 Å².